The fraction of sp³-hybridized carbons (Fsp3) is 0.684. The molecular formula is C19H27N3Na2O18P2S2. The fourth-order valence-electron chi connectivity index (χ4n) is 3.90. The molecule has 11 atom stereocenters. The van der Waals surface area contributed by atoms with Crippen molar-refractivity contribution in [2.45, 2.75) is 62.1 Å². The summed E-state index contributed by atoms with van der Waals surface area (Å²) in [6.45, 7) is -0.896. The number of carbonyl (C=O) groups is 2. The molecule has 2 aliphatic rings. The van der Waals surface area contributed by atoms with E-state index in [0.717, 1.165) is 23.1 Å². The summed E-state index contributed by atoms with van der Waals surface area (Å²) in [5.41, 5.74) is -1.81. The molecule has 27 heteroatoms. The molecule has 7 N–H and O–H groups in total. The van der Waals surface area contributed by atoms with Crippen LogP contribution in [0.25, 0.3) is 0 Å². The van der Waals surface area contributed by atoms with Crippen molar-refractivity contribution in [3.05, 3.63) is 33.1 Å². The first-order chi connectivity index (χ1) is 20.4. The van der Waals surface area contributed by atoms with Crippen molar-refractivity contribution >= 4 is 48.3 Å². The van der Waals surface area contributed by atoms with E-state index < -0.39 is 107 Å². The average molecular weight is 757 g/mol. The molecule has 3 rings (SSSR count). The number of rotatable bonds is 13. The molecular weight excluding hydrogens is 730 g/mol. The predicted octanol–water partition coefficient (Wildman–Crippen LogP) is -11.0. The molecule has 1 amide bonds. The molecule has 0 radical (unpaired) electrons. The summed E-state index contributed by atoms with van der Waals surface area (Å²) in [5.74, 6) is -1.28. The topological polar surface area (TPSA) is 329 Å². The summed E-state index contributed by atoms with van der Waals surface area (Å²) < 4.78 is 48.8. The first-order valence-electron chi connectivity index (χ1n) is 12.2. The van der Waals surface area contributed by atoms with Crippen molar-refractivity contribution < 1.29 is 136 Å². The zero-order chi connectivity index (χ0) is 33.0. The largest absolute Gasteiger partial charge is 1.00 e. The van der Waals surface area contributed by atoms with Crippen LogP contribution in [0.15, 0.2) is 21.9 Å². The van der Waals surface area contributed by atoms with Crippen molar-refractivity contribution in [2.75, 3.05) is 19.0 Å². The SMILES string of the molecule is CC(=O)SSCC(=O)NC1C(OP(=O)([O-])OP(=O)([O-])OCC2OC(n3ccc(=O)[nH]c3=O)C(O)C2O)OC(CO)C(O)C1O.[Na+].[Na+]. The first kappa shape index (κ1) is 44.5. The van der Waals surface area contributed by atoms with Gasteiger partial charge in [-0.3, -0.25) is 37.6 Å². The molecule has 0 aliphatic carbocycles. The van der Waals surface area contributed by atoms with E-state index in [9.17, 15) is 63.6 Å². The first-order valence-corrected chi connectivity index (χ1v) is 17.4. The fourth-order valence-corrected chi connectivity index (χ4v) is 7.40. The molecule has 11 unspecified atom stereocenters. The second-order valence-electron chi connectivity index (χ2n) is 9.08. The number of phosphoric ester groups is 2. The van der Waals surface area contributed by atoms with Crippen LogP contribution < -0.4 is 85.5 Å². The van der Waals surface area contributed by atoms with Gasteiger partial charge in [-0.2, -0.15) is 0 Å². The van der Waals surface area contributed by atoms with Gasteiger partial charge in [0.1, 0.15) is 42.7 Å². The van der Waals surface area contributed by atoms with Crippen LogP contribution in [-0.4, -0.2) is 114 Å². The van der Waals surface area contributed by atoms with E-state index >= 15 is 0 Å². The van der Waals surface area contributed by atoms with Crippen LogP contribution in [0.5, 0.6) is 0 Å². The van der Waals surface area contributed by atoms with Gasteiger partial charge >= 0.3 is 64.8 Å². The number of nitrogens with zero attached hydrogens (tertiary/aromatic N) is 1. The number of ether oxygens (including phenoxy) is 2. The van der Waals surface area contributed by atoms with Gasteiger partial charge in [0.05, 0.1) is 19.0 Å². The predicted molar refractivity (Wildman–Crippen MR) is 141 cm³/mol. The molecule has 2 fully saturated rings. The molecule has 2 saturated heterocycles. The molecule has 2 aliphatic heterocycles. The minimum Gasteiger partial charge on any atom is -0.756 e. The van der Waals surface area contributed by atoms with Crippen molar-refractivity contribution in [1.82, 2.24) is 14.9 Å². The van der Waals surface area contributed by atoms with Gasteiger partial charge in [-0.25, -0.2) is 9.11 Å². The summed E-state index contributed by atoms with van der Waals surface area (Å²) in [5, 5.41) is 52.1. The molecule has 0 bridgehead atoms. The molecule has 1 aromatic rings. The second-order valence-corrected chi connectivity index (χ2v) is 14.5. The van der Waals surface area contributed by atoms with E-state index in [-0.39, 0.29) is 64.2 Å². The van der Waals surface area contributed by atoms with Gasteiger partial charge in [0.2, 0.25) is 5.91 Å². The molecule has 0 saturated carbocycles. The quantitative estimate of drug-likeness (QED) is 0.0558. The van der Waals surface area contributed by atoms with Crippen molar-refractivity contribution in [3.63, 3.8) is 0 Å². The Morgan fingerprint density at radius 3 is 2.26 bits per heavy atom. The van der Waals surface area contributed by atoms with Crippen molar-refractivity contribution in [3.8, 4) is 0 Å². The second kappa shape index (κ2) is 19.2. The van der Waals surface area contributed by atoms with E-state index in [1.807, 2.05) is 4.98 Å². The van der Waals surface area contributed by atoms with Crippen LogP contribution in [0.3, 0.4) is 0 Å². The number of nitrogens with one attached hydrogen (secondary N) is 2. The minimum atomic E-state index is -6.03. The van der Waals surface area contributed by atoms with E-state index in [1.165, 1.54) is 6.92 Å². The van der Waals surface area contributed by atoms with E-state index in [2.05, 4.69) is 18.7 Å². The average Bonchev–Trinajstić information content (AvgIpc) is 3.19. The number of phosphoric acid groups is 2. The third-order valence-electron chi connectivity index (χ3n) is 5.87. The van der Waals surface area contributed by atoms with E-state index in [1.54, 1.807) is 0 Å². The van der Waals surface area contributed by atoms with Crippen molar-refractivity contribution in [2.24, 2.45) is 0 Å². The third-order valence-corrected chi connectivity index (χ3v) is 10.5. The molecule has 46 heavy (non-hydrogen) atoms. The number of aliphatic hydroxyl groups is 5. The maximum Gasteiger partial charge on any atom is 1.00 e. The zero-order valence-corrected chi connectivity index (χ0v) is 31.6. The Morgan fingerprint density at radius 1 is 1.04 bits per heavy atom. The molecule has 250 valence electrons. The Kier molecular flexibility index (Phi) is 18.6. The summed E-state index contributed by atoms with van der Waals surface area (Å²) in [4.78, 5) is 73.2. The Balaban J connectivity index is 0.00000529. The van der Waals surface area contributed by atoms with Crippen LogP contribution in [0.2, 0.25) is 0 Å². The number of aliphatic hydroxyl groups excluding tert-OH is 5. The Bertz CT molecular complexity index is 1410. The maximum atomic E-state index is 12.5. The summed E-state index contributed by atoms with van der Waals surface area (Å²) >= 11 is 0. The van der Waals surface area contributed by atoms with Crippen molar-refractivity contribution in [1.29, 1.82) is 0 Å². The van der Waals surface area contributed by atoms with Gasteiger partial charge < -0.3 is 54.6 Å². The van der Waals surface area contributed by atoms with Gasteiger partial charge in [0, 0.05) is 19.2 Å². The van der Waals surface area contributed by atoms with Gasteiger partial charge in [0.15, 0.2) is 17.6 Å². The van der Waals surface area contributed by atoms with Crippen LogP contribution in [0.1, 0.15) is 13.2 Å². The number of hydrogen-bond donors (Lipinski definition) is 7. The Morgan fingerprint density at radius 2 is 1.67 bits per heavy atom. The monoisotopic (exact) mass is 757 g/mol. The minimum absolute atomic E-state index is 0. The third kappa shape index (κ3) is 12.4. The zero-order valence-electron chi connectivity index (χ0n) is 24.2. The summed E-state index contributed by atoms with van der Waals surface area (Å²) in [6.07, 6.45) is -13.8. The molecule has 0 aromatic carbocycles. The molecule has 1 aromatic heterocycles. The Labute approximate surface area is 310 Å². The van der Waals surface area contributed by atoms with E-state index in [0.29, 0.717) is 15.4 Å². The standard InChI is InChI=1S/C19H29N3O18P2S2.2Na/c1-7(24)44-43-6-11(26)20-12-15(29)13(27)8(4-23)38-18(12)39-42(34,35)40-41(32,33)36-5-9-14(28)16(30)17(37-9)22-3-2-10(25)21-19(22)31;;/h2-3,8-9,12-18,23,27-30H,4-6H2,1H3,(H,20,26)(H,32,33)(H,34,35)(H,21,25,31);;/q;2*+1/p-2. The molecule has 0 spiro atoms. The van der Waals surface area contributed by atoms with Gasteiger partial charge in [0.25, 0.3) is 21.2 Å². The summed E-state index contributed by atoms with van der Waals surface area (Å²) in [7, 11) is -10.4. The number of carbonyl (C=O) groups excluding carboxylic acids is 2. The number of aromatic amines is 1. The van der Waals surface area contributed by atoms with Crippen LogP contribution in [-0.2, 0) is 41.6 Å². The maximum absolute atomic E-state index is 12.5. The number of amides is 1. The molecule has 21 nitrogen and oxygen atoms in total. The molecule has 3 heterocycles. The normalized spacial score (nSPS) is 31.9. The summed E-state index contributed by atoms with van der Waals surface area (Å²) in [6, 6.07) is -0.960. The smallest absolute Gasteiger partial charge is 0.756 e. The van der Waals surface area contributed by atoms with Gasteiger partial charge in [-0.05, 0) is 10.8 Å². The van der Waals surface area contributed by atoms with Crippen LogP contribution in [0, 0.1) is 0 Å². The number of hydrogen-bond acceptors (Lipinski definition) is 20. The van der Waals surface area contributed by atoms with Crippen LogP contribution >= 0.6 is 37.2 Å². The Hall–Kier alpha value is 0.500. The number of H-pyrrole nitrogens is 1. The number of aromatic nitrogens is 2. The van der Waals surface area contributed by atoms with Crippen LogP contribution in [0.4, 0.5) is 0 Å². The van der Waals surface area contributed by atoms with E-state index in [4.69, 9.17) is 9.47 Å². The van der Waals surface area contributed by atoms with Gasteiger partial charge in [-0.1, -0.05) is 10.8 Å². The van der Waals surface area contributed by atoms with Gasteiger partial charge in [-0.15, -0.1) is 0 Å².